The number of nitrogens with two attached hydrogens (primary N) is 2. The van der Waals surface area contributed by atoms with Crippen LogP contribution in [-0.2, 0) is 0 Å². The van der Waals surface area contributed by atoms with E-state index >= 15 is 0 Å². The number of primary amides is 2. The maximum atomic E-state index is 11.9. The molecule has 0 saturated carbocycles. The molecule has 8 amide bonds. The molecule has 0 aliphatic rings. The predicted molar refractivity (Wildman–Crippen MR) is 155 cm³/mol. The van der Waals surface area contributed by atoms with E-state index in [1.807, 2.05) is 0 Å². The van der Waals surface area contributed by atoms with Crippen LogP contribution in [0.2, 0.25) is 0 Å². The van der Waals surface area contributed by atoms with Crippen molar-refractivity contribution in [3.05, 3.63) is 106 Å². The van der Waals surface area contributed by atoms with E-state index < -0.39 is 24.1 Å². The fourth-order valence-electron chi connectivity index (χ4n) is 2.87. The van der Waals surface area contributed by atoms with Gasteiger partial charge in [0.25, 0.3) is 0 Å². The van der Waals surface area contributed by atoms with Gasteiger partial charge in [0.15, 0.2) is 0 Å². The van der Waals surface area contributed by atoms with Crippen molar-refractivity contribution in [1.29, 1.82) is 0 Å². The summed E-state index contributed by atoms with van der Waals surface area (Å²) in [4.78, 5) is 67.3. The Kier molecular flexibility index (Phi) is 10.4. The molecule has 3 aromatic rings. The Morgan fingerprint density at radius 3 is 0.725 bits per heavy atom. The van der Waals surface area contributed by atoms with Crippen LogP contribution >= 0.6 is 0 Å². The van der Waals surface area contributed by atoms with E-state index in [2.05, 4.69) is 30.0 Å². The van der Waals surface area contributed by atoms with Gasteiger partial charge in [-0.15, -0.1) is 0 Å². The van der Waals surface area contributed by atoms with E-state index in [0.29, 0.717) is 33.4 Å². The van der Waals surface area contributed by atoms with E-state index in [4.69, 9.17) is 11.5 Å². The van der Waals surface area contributed by atoms with Crippen LogP contribution in [0.5, 0.6) is 0 Å². The Labute approximate surface area is 228 Å². The van der Waals surface area contributed by atoms with Crippen molar-refractivity contribution in [2.45, 2.75) is 0 Å². The topological polar surface area (TPSA) is 194 Å². The standard InChI is InChI=1S/C28H22N8O4/c29-25(37)31-13-19-1-5-21(6-2-19)15-33-27(39)35-17-23-9-11-24(12-10-23)18-36-28(40)34-16-22-7-3-20(4-8-22)14-32-26(30)38/h1-18H,(H2,29,37)(H2,30,38). The molecule has 0 radical (unpaired) electrons. The van der Waals surface area contributed by atoms with Crippen molar-refractivity contribution < 1.29 is 19.2 Å². The third kappa shape index (κ3) is 10.5. The number of aliphatic imine (C=N–C) groups is 6. The monoisotopic (exact) mass is 534 g/mol. The molecule has 4 N–H and O–H groups in total. The molecule has 0 aromatic heterocycles. The average Bonchev–Trinajstić information content (AvgIpc) is 2.96. The van der Waals surface area contributed by atoms with Crippen LogP contribution in [0.15, 0.2) is 103 Å². The minimum Gasteiger partial charge on any atom is -0.350 e. The van der Waals surface area contributed by atoms with Gasteiger partial charge in [-0.2, -0.15) is 20.0 Å². The lowest BCUT2D eigenvalue weighted by molar-refractivity contribution is 0.256. The van der Waals surface area contributed by atoms with Gasteiger partial charge in [-0.25, -0.2) is 29.2 Å². The Balaban J connectivity index is 1.49. The summed E-state index contributed by atoms with van der Waals surface area (Å²) in [6.45, 7) is 0. The lowest BCUT2D eigenvalue weighted by Gasteiger charge is -1.95. The Morgan fingerprint density at radius 2 is 0.550 bits per heavy atom. The summed E-state index contributed by atoms with van der Waals surface area (Å²) in [5, 5.41) is 0. The van der Waals surface area contributed by atoms with Gasteiger partial charge in [0.05, 0.1) is 0 Å². The highest BCUT2D eigenvalue weighted by atomic mass is 16.2. The number of benzene rings is 3. The third-order valence-corrected chi connectivity index (χ3v) is 4.79. The molecule has 0 spiro atoms. The molecule has 0 aliphatic carbocycles. The summed E-state index contributed by atoms with van der Waals surface area (Å²) >= 11 is 0. The highest BCUT2D eigenvalue weighted by molar-refractivity contribution is 5.99. The number of hydrogen-bond acceptors (Lipinski definition) is 4. The molecule has 0 fully saturated rings. The second-order valence-electron chi connectivity index (χ2n) is 7.79. The zero-order chi connectivity index (χ0) is 28.7. The fourth-order valence-corrected chi connectivity index (χ4v) is 2.87. The predicted octanol–water partition coefficient (Wildman–Crippen LogP) is 4.00. The summed E-state index contributed by atoms with van der Waals surface area (Å²) in [6.07, 6.45) is 8.12. The molecule has 40 heavy (non-hydrogen) atoms. The summed E-state index contributed by atoms with van der Waals surface area (Å²) in [7, 11) is 0. The minimum atomic E-state index is -0.788. The van der Waals surface area contributed by atoms with E-state index in [1.165, 1.54) is 37.3 Å². The highest BCUT2D eigenvalue weighted by Gasteiger charge is 1.98. The molecule has 198 valence electrons. The summed E-state index contributed by atoms with van der Waals surface area (Å²) in [6, 6.07) is 17.4. The number of carbonyl (C=O) groups is 4. The molecule has 0 saturated heterocycles. The SMILES string of the molecule is NC(=O)N=Cc1ccc(C=NC(=O)N=Cc2ccc(C=NC(=O)N=Cc3ccc(C=NC(N)=O)cc3)cc2)cc1. The number of nitrogens with zero attached hydrogens (tertiary/aromatic N) is 6. The Hall–Kier alpha value is -6.04. The summed E-state index contributed by atoms with van der Waals surface area (Å²) in [5.41, 5.74) is 13.9. The van der Waals surface area contributed by atoms with Crippen molar-refractivity contribution in [2.75, 3.05) is 0 Å². The van der Waals surface area contributed by atoms with Crippen molar-refractivity contribution in [2.24, 2.45) is 41.4 Å². The fraction of sp³-hybridized carbons (Fsp3) is 0. The van der Waals surface area contributed by atoms with Crippen LogP contribution in [0.1, 0.15) is 33.4 Å². The molecular formula is C28H22N8O4. The van der Waals surface area contributed by atoms with Gasteiger partial charge >= 0.3 is 24.1 Å². The maximum absolute atomic E-state index is 11.9. The molecule has 12 nitrogen and oxygen atoms in total. The molecule has 3 rings (SSSR count). The van der Waals surface area contributed by atoms with Crippen molar-refractivity contribution in [3.63, 3.8) is 0 Å². The lowest BCUT2D eigenvalue weighted by atomic mass is 10.1. The molecule has 0 heterocycles. The quantitative estimate of drug-likeness (QED) is 0.451. The second-order valence-corrected chi connectivity index (χ2v) is 7.79. The largest absolute Gasteiger partial charge is 0.366 e. The van der Waals surface area contributed by atoms with E-state index in [0.717, 1.165) is 0 Å². The van der Waals surface area contributed by atoms with Crippen molar-refractivity contribution >= 4 is 61.4 Å². The molecule has 3 aromatic carbocycles. The zero-order valence-electron chi connectivity index (χ0n) is 20.9. The third-order valence-electron chi connectivity index (χ3n) is 4.79. The average molecular weight is 535 g/mol. The van der Waals surface area contributed by atoms with Crippen LogP contribution < -0.4 is 11.5 Å². The molecule has 0 atom stereocenters. The van der Waals surface area contributed by atoms with Crippen LogP contribution in [0.3, 0.4) is 0 Å². The van der Waals surface area contributed by atoms with Gasteiger partial charge in [-0.3, -0.25) is 0 Å². The number of carbonyl (C=O) groups excluding carboxylic acids is 4. The molecule has 0 unspecified atom stereocenters. The Morgan fingerprint density at radius 1 is 0.375 bits per heavy atom. The van der Waals surface area contributed by atoms with E-state index in [9.17, 15) is 19.2 Å². The normalized spacial score (nSPS) is 12.0. The zero-order valence-corrected chi connectivity index (χ0v) is 20.9. The smallest absolute Gasteiger partial charge is 0.350 e. The van der Waals surface area contributed by atoms with Crippen LogP contribution in [0.4, 0.5) is 19.2 Å². The Bertz CT molecular complexity index is 1430. The van der Waals surface area contributed by atoms with Gasteiger partial charge in [-0.1, -0.05) is 72.8 Å². The highest BCUT2D eigenvalue weighted by Crippen LogP contribution is 2.04. The number of rotatable bonds is 6. The molecule has 0 bridgehead atoms. The number of urea groups is 4. The molecular weight excluding hydrogens is 512 g/mol. The summed E-state index contributed by atoms with van der Waals surface area (Å²) in [5.74, 6) is 0. The first-order chi connectivity index (χ1) is 19.3. The minimum absolute atomic E-state index is 0.646. The van der Waals surface area contributed by atoms with Gasteiger partial charge < -0.3 is 11.5 Å². The first-order valence-electron chi connectivity index (χ1n) is 11.5. The first-order valence-corrected chi connectivity index (χ1v) is 11.5. The van der Waals surface area contributed by atoms with Gasteiger partial charge in [-0.05, 0) is 33.4 Å². The van der Waals surface area contributed by atoms with Crippen LogP contribution in [0, 0.1) is 0 Å². The lowest BCUT2D eigenvalue weighted by Crippen LogP contribution is -2.04. The van der Waals surface area contributed by atoms with Crippen LogP contribution in [0.25, 0.3) is 0 Å². The van der Waals surface area contributed by atoms with Gasteiger partial charge in [0, 0.05) is 37.3 Å². The number of amides is 8. The second kappa shape index (κ2) is 14.6. The molecule has 12 heteroatoms. The number of hydrogen-bond donors (Lipinski definition) is 2. The van der Waals surface area contributed by atoms with Crippen molar-refractivity contribution in [1.82, 2.24) is 0 Å². The molecule has 0 aliphatic heterocycles. The first kappa shape index (κ1) is 28.5. The van der Waals surface area contributed by atoms with Gasteiger partial charge in [0.2, 0.25) is 0 Å². The van der Waals surface area contributed by atoms with E-state index in [-0.39, 0.29) is 0 Å². The van der Waals surface area contributed by atoms with Crippen LogP contribution in [-0.4, -0.2) is 61.4 Å². The van der Waals surface area contributed by atoms with Crippen molar-refractivity contribution in [3.8, 4) is 0 Å². The maximum Gasteiger partial charge on any atom is 0.366 e. The summed E-state index contributed by atoms with van der Waals surface area (Å²) < 4.78 is 0. The van der Waals surface area contributed by atoms with Gasteiger partial charge in [0.1, 0.15) is 0 Å². The van der Waals surface area contributed by atoms with E-state index in [1.54, 1.807) is 72.8 Å².